The van der Waals surface area contributed by atoms with Crippen LogP contribution in [-0.2, 0) is 9.59 Å². The summed E-state index contributed by atoms with van der Waals surface area (Å²) in [6.45, 7) is 0.334. The molecule has 144 valence electrons. The first-order valence-electron chi connectivity index (χ1n) is 8.37. The summed E-state index contributed by atoms with van der Waals surface area (Å²) in [5.74, 6) is -1.57. The molecule has 0 radical (unpaired) electrons. The Kier molecular flexibility index (Phi) is 6.61. The molecule has 1 aliphatic rings. The van der Waals surface area contributed by atoms with Crippen molar-refractivity contribution in [2.45, 2.75) is 12.8 Å². The molecule has 0 saturated carbocycles. The van der Waals surface area contributed by atoms with Crippen LogP contribution in [-0.4, -0.2) is 38.7 Å². The number of carboxylic acids is 1. The van der Waals surface area contributed by atoms with Crippen molar-refractivity contribution >= 4 is 69.2 Å². The van der Waals surface area contributed by atoms with Crippen LogP contribution in [0.5, 0.6) is 0 Å². The number of benzene rings is 1. The minimum Gasteiger partial charge on any atom is -0.478 e. The quantitative estimate of drug-likeness (QED) is 0.507. The third-order valence-corrected chi connectivity index (χ3v) is 6.10. The number of thioether (sulfide) groups is 1. The number of carbonyl (C=O) groups excluding carboxylic acids is 2. The van der Waals surface area contributed by atoms with Crippen molar-refractivity contribution in [1.82, 2.24) is 4.90 Å². The number of thiocarbonyl (C=S) groups is 1. The molecule has 6 nitrogen and oxygen atoms in total. The fourth-order valence-corrected chi connectivity index (χ4v) is 4.62. The third-order valence-electron chi connectivity index (χ3n) is 3.91. The molecule has 28 heavy (non-hydrogen) atoms. The predicted octanol–water partition coefficient (Wildman–Crippen LogP) is 4.07. The van der Waals surface area contributed by atoms with E-state index in [2.05, 4.69) is 5.32 Å². The van der Waals surface area contributed by atoms with Gasteiger partial charge in [-0.05, 0) is 36.1 Å². The van der Waals surface area contributed by atoms with Gasteiger partial charge >= 0.3 is 5.97 Å². The monoisotopic (exact) mass is 432 g/mol. The van der Waals surface area contributed by atoms with Gasteiger partial charge in [-0.3, -0.25) is 14.5 Å². The van der Waals surface area contributed by atoms with Crippen molar-refractivity contribution in [3.63, 3.8) is 0 Å². The van der Waals surface area contributed by atoms with Gasteiger partial charge in [-0.15, -0.1) is 11.3 Å². The fraction of sp³-hybridized carbons (Fsp3) is 0.158. The maximum atomic E-state index is 12.5. The molecule has 1 aromatic heterocycles. The van der Waals surface area contributed by atoms with E-state index in [1.807, 2.05) is 23.6 Å². The summed E-state index contributed by atoms with van der Waals surface area (Å²) in [7, 11) is 0. The molecule has 2 N–H and O–H groups in total. The van der Waals surface area contributed by atoms with Crippen LogP contribution in [0, 0.1) is 0 Å². The van der Waals surface area contributed by atoms with Gasteiger partial charge in [-0.1, -0.05) is 42.2 Å². The van der Waals surface area contributed by atoms with E-state index in [1.54, 1.807) is 29.5 Å². The number of para-hydroxylation sites is 1. The predicted molar refractivity (Wildman–Crippen MR) is 115 cm³/mol. The zero-order valence-corrected chi connectivity index (χ0v) is 17.0. The first-order valence-corrected chi connectivity index (χ1v) is 10.5. The topological polar surface area (TPSA) is 86.7 Å². The van der Waals surface area contributed by atoms with Gasteiger partial charge in [0.2, 0.25) is 5.91 Å². The van der Waals surface area contributed by atoms with Crippen molar-refractivity contribution in [1.29, 1.82) is 0 Å². The molecule has 9 heteroatoms. The molecule has 2 heterocycles. The van der Waals surface area contributed by atoms with Crippen LogP contribution in [0.1, 0.15) is 28.1 Å². The number of nitrogens with zero attached hydrogens (tertiary/aromatic N) is 1. The van der Waals surface area contributed by atoms with Crippen molar-refractivity contribution < 1.29 is 19.5 Å². The molecular formula is C19H16N2O4S3. The number of anilines is 1. The minimum absolute atomic E-state index is 0.0338. The summed E-state index contributed by atoms with van der Waals surface area (Å²) >= 11 is 8.08. The van der Waals surface area contributed by atoms with E-state index in [9.17, 15) is 14.4 Å². The summed E-state index contributed by atoms with van der Waals surface area (Å²) in [5.41, 5.74) is 0.288. The normalized spacial score (nSPS) is 15.3. The molecule has 3 rings (SSSR count). The highest BCUT2D eigenvalue weighted by Crippen LogP contribution is 2.33. The average molecular weight is 433 g/mol. The molecule has 0 bridgehead atoms. The molecule has 1 aliphatic heterocycles. The molecule has 0 atom stereocenters. The van der Waals surface area contributed by atoms with Gasteiger partial charge < -0.3 is 10.4 Å². The number of carboxylic acid groups (broad SMARTS) is 1. The maximum absolute atomic E-state index is 12.5. The summed E-state index contributed by atoms with van der Waals surface area (Å²) in [6, 6.07) is 10.1. The number of rotatable bonds is 7. The third kappa shape index (κ3) is 4.86. The van der Waals surface area contributed by atoms with Gasteiger partial charge in [0.15, 0.2) is 0 Å². The lowest BCUT2D eigenvalue weighted by atomic mass is 10.1. The second-order valence-electron chi connectivity index (χ2n) is 5.85. The largest absolute Gasteiger partial charge is 0.478 e. The van der Waals surface area contributed by atoms with E-state index in [-0.39, 0.29) is 29.5 Å². The smallest absolute Gasteiger partial charge is 0.337 e. The van der Waals surface area contributed by atoms with Gasteiger partial charge in [-0.25, -0.2) is 4.79 Å². The lowest BCUT2D eigenvalue weighted by Gasteiger charge is -2.14. The Morgan fingerprint density at radius 1 is 1.21 bits per heavy atom. The van der Waals surface area contributed by atoms with Crippen molar-refractivity contribution in [3.05, 3.63) is 57.1 Å². The minimum atomic E-state index is -1.11. The van der Waals surface area contributed by atoms with Crippen LogP contribution in [0.2, 0.25) is 0 Å². The van der Waals surface area contributed by atoms with Crippen LogP contribution in [0.25, 0.3) is 6.08 Å². The molecule has 2 aromatic rings. The van der Waals surface area contributed by atoms with E-state index in [1.165, 1.54) is 22.7 Å². The molecule has 0 aliphatic carbocycles. The summed E-state index contributed by atoms with van der Waals surface area (Å²) in [6.07, 6.45) is 2.38. The van der Waals surface area contributed by atoms with Crippen LogP contribution in [0.3, 0.4) is 0 Å². The van der Waals surface area contributed by atoms with Gasteiger partial charge in [0.05, 0.1) is 16.2 Å². The van der Waals surface area contributed by atoms with Gasteiger partial charge in [0.1, 0.15) is 4.32 Å². The van der Waals surface area contributed by atoms with Gasteiger partial charge in [-0.2, -0.15) is 0 Å². The van der Waals surface area contributed by atoms with Crippen LogP contribution >= 0.6 is 35.3 Å². The SMILES string of the molecule is O=C(CCCN1C(=O)/C(=C\c2cccs2)SC1=S)Nc1ccccc1C(=O)O. The number of aromatic carboxylic acids is 1. The number of carbonyl (C=O) groups is 3. The molecule has 1 fully saturated rings. The van der Waals surface area contributed by atoms with E-state index < -0.39 is 5.97 Å². The second-order valence-corrected chi connectivity index (χ2v) is 8.51. The zero-order chi connectivity index (χ0) is 20.1. The number of hydrogen-bond donors (Lipinski definition) is 2. The highest BCUT2D eigenvalue weighted by atomic mass is 32.2. The summed E-state index contributed by atoms with van der Waals surface area (Å²) in [4.78, 5) is 38.9. The first kappa shape index (κ1) is 20.2. The highest BCUT2D eigenvalue weighted by Gasteiger charge is 2.31. The average Bonchev–Trinajstić information content (AvgIpc) is 3.26. The molecule has 1 saturated heterocycles. The fourth-order valence-electron chi connectivity index (χ4n) is 2.58. The standard InChI is InChI=1S/C19H16N2O4S3/c22-16(20-14-7-2-1-6-13(14)18(24)25)8-3-9-21-17(23)15(28-19(21)26)11-12-5-4-10-27-12/h1-2,4-7,10-11H,3,8-9H2,(H,20,22)(H,24,25)/b15-11+. The Balaban J connectivity index is 1.54. The number of amides is 2. The van der Waals surface area contributed by atoms with E-state index in [0.717, 1.165) is 4.88 Å². The van der Waals surface area contributed by atoms with E-state index >= 15 is 0 Å². The molecular weight excluding hydrogens is 416 g/mol. The van der Waals surface area contributed by atoms with Crippen molar-refractivity contribution in [2.75, 3.05) is 11.9 Å². The second kappa shape index (κ2) is 9.13. The lowest BCUT2D eigenvalue weighted by Crippen LogP contribution is -2.29. The highest BCUT2D eigenvalue weighted by molar-refractivity contribution is 8.26. The Labute approximate surface area is 175 Å². The first-order chi connectivity index (χ1) is 13.5. The Bertz CT molecular complexity index is 954. The van der Waals surface area contributed by atoms with E-state index in [4.69, 9.17) is 17.3 Å². The zero-order valence-electron chi connectivity index (χ0n) is 14.6. The Morgan fingerprint density at radius 3 is 2.71 bits per heavy atom. The van der Waals surface area contributed by atoms with Crippen molar-refractivity contribution in [2.24, 2.45) is 0 Å². The maximum Gasteiger partial charge on any atom is 0.337 e. The number of hydrogen-bond acceptors (Lipinski definition) is 6. The Hall–Kier alpha value is -2.49. The molecule has 1 aromatic carbocycles. The van der Waals surface area contributed by atoms with Gasteiger partial charge in [0.25, 0.3) is 5.91 Å². The number of thiophene rings is 1. The van der Waals surface area contributed by atoms with Crippen molar-refractivity contribution in [3.8, 4) is 0 Å². The van der Waals surface area contributed by atoms with Gasteiger partial charge in [0, 0.05) is 17.8 Å². The Morgan fingerprint density at radius 2 is 2.00 bits per heavy atom. The molecule has 2 amide bonds. The van der Waals surface area contributed by atoms with Crippen LogP contribution < -0.4 is 5.32 Å². The summed E-state index contributed by atoms with van der Waals surface area (Å²) in [5, 5.41) is 13.7. The molecule has 0 spiro atoms. The number of nitrogens with one attached hydrogen (secondary N) is 1. The van der Waals surface area contributed by atoms with Crippen LogP contribution in [0.15, 0.2) is 46.7 Å². The molecule has 0 unspecified atom stereocenters. The van der Waals surface area contributed by atoms with E-state index in [0.29, 0.717) is 22.2 Å². The van der Waals surface area contributed by atoms with Crippen LogP contribution in [0.4, 0.5) is 5.69 Å². The lowest BCUT2D eigenvalue weighted by molar-refractivity contribution is -0.122. The summed E-state index contributed by atoms with van der Waals surface area (Å²) < 4.78 is 0.476.